The number of rotatable bonds is 4. The van der Waals surface area contributed by atoms with Crippen LogP contribution in [0.25, 0.3) is 0 Å². The molecular formula is C12H7FN2O4S. The molecule has 0 saturated carbocycles. The molecule has 0 aliphatic heterocycles. The molecule has 102 valence electrons. The number of pyridine rings is 1. The first-order valence-electron chi connectivity index (χ1n) is 5.28. The number of carbonyl (C=O) groups is 1. The van der Waals surface area contributed by atoms with Crippen molar-refractivity contribution in [3.8, 4) is 0 Å². The predicted molar refractivity (Wildman–Crippen MR) is 68.4 cm³/mol. The Balaban J connectivity index is 2.41. The highest BCUT2D eigenvalue weighted by molar-refractivity contribution is 7.99. The van der Waals surface area contributed by atoms with Crippen LogP contribution in [0.2, 0.25) is 0 Å². The van der Waals surface area contributed by atoms with E-state index in [1.54, 1.807) is 6.07 Å². The van der Waals surface area contributed by atoms with E-state index in [4.69, 9.17) is 5.11 Å². The molecule has 0 aliphatic carbocycles. The lowest BCUT2D eigenvalue weighted by atomic mass is 10.3. The maximum absolute atomic E-state index is 13.1. The van der Waals surface area contributed by atoms with Gasteiger partial charge in [-0.1, -0.05) is 17.8 Å². The molecule has 0 atom stereocenters. The number of carboxylic acid groups (broad SMARTS) is 1. The van der Waals surface area contributed by atoms with E-state index in [0.29, 0.717) is 4.90 Å². The van der Waals surface area contributed by atoms with Gasteiger partial charge in [0, 0.05) is 17.2 Å². The highest BCUT2D eigenvalue weighted by Gasteiger charge is 2.19. The van der Waals surface area contributed by atoms with Gasteiger partial charge in [0.15, 0.2) is 5.03 Å². The fraction of sp³-hybridized carbons (Fsp3) is 0. The third-order valence-corrected chi connectivity index (χ3v) is 3.28. The Morgan fingerprint density at radius 2 is 2.15 bits per heavy atom. The SMILES string of the molecule is O=C(O)c1cnc(Sc2cccc(F)c2)c([N+](=O)[O-])c1. The Labute approximate surface area is 116 Å². The maximum atomic E-state index is 13.1. The summed E-state index contributed by atoms with van der Waals surface area (Å²) in [6.07, 6.45) is 1.02. The van der Waals surface area contributed by atoms with Crippen molar-refractivity contribution in [2.45, 2.75) is 9.92 Å². The molecule has 0 aliphatic rings. The van der Waals surface area contributed by atoms with Gasteiger partial charge in [0.1, 0.15) is 5.82 Å². The third-order valence-electron chi connectivity index (χ3n) is 2.29. The summed E-state index contributed by atoms with van der Waals surface area (Å²) in [5.41, 5.74) is -0.709. The van der Waals surface area contributed by atoms with Crippen molar-refractivity contribution < 1.29 is 19.2 Å². The molecule has 1 aromatic carbocycles. The zero-order chi connectivity index (χ0) is 14.7. The third kappa shape index (κ3) is 3.09. The van der Waals surface area contributed by atoms with Gasteiger partial charge in [-0.25, -0.2) is 14.2 Å². The zero-order valence-corrected chi connectivity index (χ0v) is 10.6. The van der Waals surface area contributed by atoms with E-state index in [0.717, 1.165) is 24.0 Å². The fourth-order valence-electron chi connectivity index (χ4n) is 1.41. The summed E-state index contributed by atoms with van der Waals surface area (Å²) in [5, 5.41) is 19.7. The van der Waals surface area contributed by atoms with Crippen LogP contribution in [0.3, 0.4) is 0 Å². The van der Waals surface area contributed by atoms with E-state index < -0.39 is 22.4 Å². The number of nitro groups is 1. The van der Waals surface area contributed by atoms with Crippen LogP contribution in [-0.4, -0.2) is 21.0 Å². The van der Waals surface area contributed by atoms with Crippen molar-refractivity contribution >= 4 is 23.4 Å². The second-order valence-electron chi connectivity index (χ2n) is 3.67. The van der Waals surface area contributed by atoms with Crippen LogP contribution < -0.4 is 0 Å². The monoisotopic (exact) mass is 294 g/mol. The summed E-state index contributed by atoms with van der Waals surface area (Å²) in [6, 6.07) is 6.43. The van der Waals surface area contributed by atoms with Crippen molar-refractivity contribution in [1.82, 2.24) is 4.98 Å². The zero-order valence-electron chi connectivity index (χ0n) is 9.82. The number of halogens is 1. The first-order valence-corrected chi connectivity index (χ1v) is 6.10. The number of carboxylic acids is 1. The Hall–Kier alpha value is -2.48. The summed E-state index contributed by atoms with van der Waals surface area (Å²) in [5.74, 6) is -1.78. The second-order valence-corrected chi connectivity index (χ2v) is 4.73. The van der Waals surface area contributed by atoms with Crippen LogP contribution in [0.4, 0.5) is 10.1 Å². The molecule has 1 N–H and O–H groups in total. The van der Waals surface area contributed by atoms with Gasteiger partial charge in [0.25, 0.3) is 0 Å². The lowest BCUT2D eigenvalue weighted by Gasteiger charge is -2.03. The summed E-state index contributed by atoms with van der Waals surface area (Å²) in [6.45, 7) is 0. The second kappa shape index (κ2) is 5.66. The number of aromatic nitrogens is 1. The van der Waals surface area contributed by atoms with E-state index in [2.05, 4.69) is 4.98 Å². The molecule has 0 amide bonds. The summed E-state index contributed by atoms with van der Waals surface area (Å²) < 4.78 is 13.1. The molecule has 0 bridgehead atoms. The molecule has 20 heavy (non-hydrogen) atoms. The number of benzene rings is 1. The first-order chi connectivity index (χ1) is 9.47. The molecule has 1 heterocycles. The van der Waals surface area contributed by atoms with Crippen molar-refractivity contribution in [3.05, 3.63) is 58.0 Å². The van der Waals surface area contributed by atoms with Gasteiger partial charge in [0.05, 0.1) is 10.5 Å². The van der Waals surface area contributed by atoms with E-state index >= 15 is 0 Å². The largest absolute Gasteiger partial charge is 0.478 e. The summed E-state index contributed by atoms with van der Waals surface area (Å²) in [4.78, 5) is 25.2. The fourth-order valence-corrected chi connectivity index (χ4v) is 2.29. The molecule has 0 unspecified atom stereocenters. The first kappa shape index (κ1) is 13.9. The Bertz CT molecular complexity index is 693. The highest BCUT2D eigenvalue weighted by Crippen LogP contribution is 2.33. The quantitative estimate of drug-likeness (QED) is 0.688. The van der Waals surface area contributed by atoms with Crippen molar-refractivity contribution in [1.29, 1.82) is 0 Å². The van der Waals surface area contributed by atoms with Gasteiger partial charge < -0.3 is 5.11 Å². The average molecular weight is 294 g/mol. The van der Waals surface area contributed by atoms with Crippen LogP contribution in [-0.2, 0) is 0 Å². The highest BCUT2D eigenvalue weighted by atomic mass is 32.2. The molecule has 2 rings (SSSR count). The molecule has 6 nitrogen and oxygen atoms in total. The lowest BCUT2D eigenvalue weighted by molar-refractivity contribution is -0.388. The molecule has 0 fully saturated rings. The average Bonchev–Trinajstić information content (AvgIpc) is 2.38. The number of hydrogen-bond acceptors (Lipinski definition) is 5. The molecule has 0 radical (unpaired) electrons. The minimum absolute atomic E-state index is 0.00519. The Morgan fingerprint density at radius 3 is 2.75 bits per heavy atom. The smallest absolute Gasteiger partial charge is 0.337 e. The van der Waals surface area contributed by atoms with Crippen LogP contribution in [0.15, 0.2) is 46.5 Å². The molecule has 0 spiro atoms. The van der Waals surface area contributed by atoms with E-state index in [9.17, 15) is 19.3 Å². The Morgan fingerprint density at radius 1 is 1.40 bits per heavy atom. The Kier molecular flexibility index (Phi) is 3.94. The van der Waals surface area contributed by atoms with Gasteiger partial charge in [-0.15, -0.1) is 0 Å². The van der Waals surface area contributed by atoms with Crippen LogP contribution >= 0.6 is 11.8 Å². The number of hydrogen-bond donors (Lipinski definition) is 1. The molecule has 0 saturated heterocycles. The molecule has 1 aromatic heterocycles. The topological polar surface area (TPSA) is 93.3 Å². The van der Waals surface area contributed by atoms with E-state index in [1.807, 2.05) is 0 Å². The van der Waals surface area contributed by atoms with Crippen LogP contribution in [0, 0.1) is 15.9 Å². The number of nitrogens with zero attached hydrogens (tertiary/aromatic N) is 2. The standard InChI is InChI=1S/C12H7FN2O4S/c13-8-2-1-3-9(5-8)20-11-10(15(18)19)4-7(6-14-11)12(16)17/h1-6H,(H,16,17). The van der Waals surface area contributed by atoms with Crippen molar-refractivity contribution in [2.75, 3.05) is 0 Å². The van der Waals surface area contributed by atoms with Crippen molar-refractivity contribution in [2.24, 2.45) is 0 Å². The van der Waals surface area contributed by atoms with Gasteiger partial charge in [0.2, 0.25) is 0 Å². The van der Waals surface area contributed by atoms with Crippen LogP contribution in [0.5, 0.6) is 0 Å². The normalized spacial score (nSPS) is 10.2. The van der Waals surface area contributed by atoms with Crippen molar-refractivity contribution in [3.63, 3.8) is 0 Å². The van der Waals surface area contributed by atoms with Gasteiger partial charge in [-0.3, -0.25) is 10.1 Å². The summed E-state index contributed by atoms with van der Waals surface area (Å²) >= 11 is 0.891. The molecule has 8 heteroatoms. The van der Waals surface area contributed by atoms with Crippen LogP contribution in [0.1, 0.15) is 10.4 Å². The molecular weight excluding hydrogens is 287 g/mol. The lowest BCUT2D eigenvalue weighted by Crippen LogP contribution is -2.01. The number of aromatic carboxylic acids is 1. The molecule has 2 aromatic rings. The van der Waals surface area contributed by atoms with Gasteiger partial charge in [-0.05, 0) is 18.2 Å². The van der Waals surface area contributed by atoms with E-state index in [-0.39, 0.29) is 10.6 Å². The summed E-state index contributed by atoms with van der Waals surface area (Å²) in [7, 11) is 0. The van der Waals surface area contributed by atoms with E-state index in [1.165, 1.54) is 18.2 Å². The van der Waals surface area contributed by atoms with Gasteiger partial charge >= 0.3 is 11.7 Å². The van der Waals surface area contributed by atoms with Gasteiger partial charge in [-0.2, -0.15) is 0 Å². The minimum Gasteiger partial charge on any atom is -0.478 e. The maximum Gasteiger partial charge on any atom is 0.337 e. The minimum atomic E-state index is -1.30. The predicted octanol–water partition coefficient (Wildman–Crippen LogP) is 2.98.